The first kappa shape index (κ1) is 17.4. The third-order valence-electron chi connectivity index (χ3n) is 3.48. The fourth-order valence-corrected chi connectivity index (χ4v) is 2.19. The van der Waals surface area contributed by atoms with E-state index in [4.69, 9.17) is 14.9 Å². The van der Waals surface area contributed by atoms with E-state index in [0.717, 1.165) is 0 Å². The van der Waals surface area contributed by atoms with E-state index < -0.39 is 11.9 Å². The number of hydrogen-bond donors (Lipinski definition) is 3. The molecule has 7 heteroatoms. The standard InChI is InChI=1S/C17H21N3O4/c1-10(2)15(20-16(21)14-5-4-8-24-14)17(22)19-11-6-7-13(23-3)12(18)9-11/h4-10,15H,18H2,1-3H3,(H,19,22)(H,20,21). The van der Waals surface area contributed by atoms with Gasteiger partial charge in [0.1, 0.15) is 11.8 Å². The second-order valence-corrected chi connectivity index (χ2v) is 5.62. The third-order valence-corrected chi connectivity index (χ3v) is 3.48. The largest absolute Gasteiger partial charge is 0.495 e. The van der Waals surface area contributed by atoms with Crippen molar-refractivity contribution >= 4 is 23.2 Å². The van der Waals surface area contributed by atoms with Gasteiger partial charge in [-0.1, -0.05) is 13.8 Å². The van der Waals surface area contributed by atoms with Gasteiger partial charge < -0.3 is 25.5 Å². The molecule has 2 rings (SSSR count). The summed E-state index contributed by atoms with van der Waals surface area (Å²) < 4.78 is 10.1. The van der Waals surface area contributed by atoms with Crippen molar-refractivity contribution < 1.29 is 18.7 Å². The maximum Gasteiger partial charge on any atom is 0.287 e. The third kappa shape index (κ3) is 4.07. The molecule has 0 aliphatic rings. The summed E-state index contributed by atoms with van der Waals surface area (Å²) >= 11 is 0. The van der Waals surface area contributed by atoms with Crippen molar-refractivity contribution in [2.24, 2.45) is 5.92 Å². The van der Waals surface area contributed by atoms with Crippen LogP contribution in [0.4, 0.5) is 11.4 Å². The number of nitrogens with two attached hydrogens (primary N) is 1. The van der Waals surface area contributed by atoms with Gasteiger partial charge in [0.05, 0.1) is 19.1 Å². The van der Waals surface area contributed by atoms with Crippen molar-refractivity contribution in [2.45, 2.75) is 19.9 Å². The van der Waals surface area contributed by atoms with Crippen LogP contribution in [-0.2, 0) is 4.79 Å². The van der Waals surface area contributed by atoms with Gasteiger partial charge >= 0.3 is 0 Å². The van der Waals surface area contributed by atoms with Crippen LogP contribution >= 0.6 is 0 Å². The molecule has 0 saturated carbocycles. The molecule has 1 heterocycles. The molecule has 7 nitrogen and oxygen atoms in total. The van der Waals surface area contributed by atoms with Gasteiger partial charge in [0, 0.05) is 5.69 Å². The molecule has 128 valence electrons. The highest BCUT2D eigenvalue weighted by Gasteiger charge is 2.25. The van der Waals surface area contributed by atoms with E-state index in [1.54, 1.807) is 24.3 Å². The molecule has 1 unspecified atom stereocenters. The summed E-state index contributed by atoms with van der Waals surface area (Å²) in [5, 5.41) is 5.42. The van der Waals surface area contributed by atoms with Gasteiger partial charge in [-0.2, -0.15) is 0 Å². The minimum absolute atomic E-state index is 0.112. The number of hydrogen-bond acceptors (Lipinski definition) is 5. The number of ether oxygens (including phenoxy) is 1. The number of carbonyl (C=O) groups excluding carboxylic acids is 2. The molecule has 2 amide bonds. The fourth-order valence-electron chi connectivity index (χ4n) is 2.19. The fraction of sp³-hybridized carbons (Fsp3) is 0.294. The Balaban J connectivity index is 2.09. The van der Waals surface area contributed by atoms with Crippen LogP contribution in [0.2, 0.25) is 0 Å². The highest BCUT2D eigenvalue weighted by atomic mass is 16.5. The van der Waals surface area contributed by atoms with Gasteiger partial charge in [0.15, 0.2) is 5.76 Å². The Labute approximate surface area is 140 Å². The topological polar surface area (TPSA) is 107 Å². The van der Waals surface area contributed by atoms with Crippen molar-refractivity contribution in [3.8, 4) is 5.75 Å². The van der Waals surface area contributed by atoms with Crippen LogP contribution in [0.1, 0.15) is 24.4 Å². The first-order valence-electron chi connectivity index (χ1n) is 7.51. The van der Waals surface area contributed by atoms with Crippen molar-refractivity contribution in [1.82, 2.24) is 5.32 Å². The van der Waals surface area contributed by atoms with E-state index in [2.05, 4.69) is 10.6 Å². The van der Waals surface area contributed by atoms with Crippen molar-refractivity contribution in [3.63, 3.8) is 0 Å². The highest BCUT2D eigenvalue weighted by molar-refractivity contribution is 6.00. The van der Waals surface area contributed by atoms with Crippen LogP contribution in [0.15, 0.2) is 41.0 Å². The summed E-state index contributed by atoms with van der Waals surface area (Å²) in [5.41, 5.74) is 6.77. The lowest BCUT2D eigenvalue weighted by atomic mass is 10.0. The second kappa shape index (κ2) is 7.54. The van der Waals surface area contributed by atoms with Crippen LogP contribution in [0.5, 0.6) is 5.75 Å². The molecule has 24 heavy (non-hydrogen) atoms. The normalized spacial score (nSPS) is 11.8. The summed E-state index contributed by atoms with van der Waals surface area (Å²) in [5.74, 6) is -0.209. The number of carbonyl (C=O) groups is 2. The van der Waals surface area contributed by atoms with Crippen LogP contribution in [0.3, 0.4) is 0 Å². The van der Waals surface area contributed by atoms with Gasteiger partial charge in [-0.25, -0.2) is 0 Å². The monoisotopic (exact) mass is 331 g/mol. The summed E-state index contributed by atoms with van der Waals surface area (Å²) in [6, 6.07) is 7.37. The number of rotatable bonds is 6. The zero-order chi connectivity index (χ0) is 17.7. The van der Waals surface area contributed by atoms with E-state index in [1.807, 2.05) is 13.8 Å². The summed E-state index contributed by atoms with van der Waals surface area (Å²) in [6.07, 6.45) is 1.40. The Kier molecular flexibility index (Phi) is 5.47. The summed E-state index contributed by atoms with van der Waals surface area (Å²) in [6.45, 7) is 3.68. The van der Waals surface area contributed by atoms with Gasteiger partial charge in [-0.3, -0.25) is 9.59 Å². The van der Waals surface area contributed by atoms with E-state index in [-0.39, 0.29) is 17.6 Å². The predicted molar refractivity (Wildman–Crippen MR) is 90.8 cm³/mol. The molecule has 0 bridgehead atoms. The molecule has 4 N–H and O–H groups in total. The summed E-state index contributed by atoms with van der Waals surface area (Å²) in [7, 11) is 1.52. The minimum Gasteiger partial charge on any atom is -0.495 e. The van der Waals surface area contributed by atoms with Gasteiger partial charge in [-0.15, -0.1) is 0 Å². The number of furan rings is 1. The van der Waals surface area contributed by atoms with E-state index in [1.165, 1.54) is 19.4 Å². The molecule has 2 aromatic rings. The Hall–Kier alpha value is -2.96. The molecule has 1 atom stereocenters. The summed E-state index contributed by atoms with van der Waals surface area (Å²) in [4.78, 5) is 24.6. The number of nitrogen functional groups attached to an aromatic ring is 1. The average molecular weight is 331 g/mol. The quantitative estimate of drug-likeness (QED) is 0.704. The van der Waals surface area contributed by atoms with Crippen LogP contribution in [0, 0.1) is 5.92 Å². The average Bonchev–Trinajstić information content (AvgIpc) is 3.06. The van der Waals surface area contributed by atoms with Crippen molar-refractivity contribution in [1.29, 1.82) is 0 Å². The number of benzene rings is 1. The predicted octanol–water partition coefficient (Wildman–Crippen LogP) is 2.26. The van der Waals surface area contributed by atoms with E-state index in [0.29, 0.717) is 17.1 Å². The lowest BCUT2D eigenvalue weighted by Gasteiger charge is -2.21. The zero-order valence-corrected chi connectivity index (χ0v) is 13.8. The Morgan fingerprint density at radius 2 is 2.00 bits per heavy atom. The van der Waals surface area contributed by atoms with E-state index in [9.17, 15) is 9.59 Å². The lowest BCUT2D eigenvalue weighted by molar-refractivity contribution is -0.118. The van der Waals surface area contributed by atoms with Crippen molar-refractivity contribution in [3.05, 3.63) is 42.4 Å². The molecule has 0 radical (unpaired) electrons. The minimum atomic E-state index is -0.717. The molecular weight excluding hydrogens is 310 g/mol. The number of methoxy groups -OCH3 is 1. The number of anilines is 2. The SMILES string of the molecule is COc1ccc(NC(=O)C(NC(=O)c2ccco2)C(C)C)cc1N. The first-order valence-corrected chi connectivity index (χ1v) is 7.51. The maximum atomic E-state index is 12.5. The highest BCUT2D eigenvalue weighted by Crippen LogP contribution is 2.24. The van der Waals surface area contributed by atoms with Crippen LogP contribution < -0.4 is 21.1 Å². The van der Waals surface area contributed by atoms with Crippen molar-refractivity contribution in [2.75, 3.05) is 18.2 Å². The second-order valence-electron chi connectivity index (χ2n) is 5.62. The van der Waals surface area contributed by atoms with Crippen LogP contribution in [0.25, 0.3) is 0 Å². The van der Waals surface area contributed by atoms with E-state index >= 15 is 0 Å². The molecule has 0 aliphatic carbocycles. The number of amides is 2. The molecule has 0 saturated heterocycles. The maximum absolute atomic E-state index is 12.5. The Morgan fingerprint density at radius 1 is 1.25 bits per heavy atom. The zero-order valence-electron chi connectivity index (χ0n) is 13.8. The Bertz CT molecular complexity index is 711. The molecule has 1 aromatic carbocycles. The lowest BCUT2D eigenvalue weighted by Crippen LogP contribution is -2.47. The Morgan fingerprint density at radius 3 is 2.54 bits per heavy atom. The number of nitrogens with one attached hydrogen (secondary N) is 2. The molecule has 0 fully saturated rings. The molecule has 0 spiro atoms. The van der Waals surface area contributed by atoms with Gasteiger partial charge in [-0.05, 0) is 36.2 Å². The molecule has 1 aromatic heterocycles. The van der Waals surface area contributed by atoms with Gasteiger partial charge in [0.2, 0.25) is 5.91 Å². The molecular formula is C17H21N3O4. The molecule has 0 aliphatic heterocycles. The van der Waals surface area contributed by atoms with Gasteiger partial charge in [0.25, 0.3) is 5.91 Å². The van der Waals surface area contributed by atoms with Crippen LogP contribution in [-0.4, -0.2) is 25.0 Å². The smallest absolute Gasteiger partial charge is 0.287 e. The first-order chi connectivity index (χ1) is 11.4.